The fraction of sp³-hybridized carbons (Fsp3) is 0.300. The second-order valence-electron chi connectivity index (χ2n) is 16.6. The summed E-state index contributed by atoms with van der Waals surface area (Å²) in [7, 11) is 4.79. The highest BCUT2D eigenvalue weighted by atomic mass is 16.7. The molecule has 5 aromatic rings. The summed E-state index contributed by atoms with van der Waals surface area (Å²) >= 11 is 0. The van der Waals surface area contributed by atoms with Crippen molar-refractivity contribution in [2.24, 2.45) is 17.3 Å². The van der Waals surface area contributed by atoms with Crippen LogP contribution in [-0.2, 0) is 32.3 Å². The number of aromatic hydroxyl groups is 1. The summed E-state index contributed by atoms with van der Waals surface area (Å²) in [6, 6.07) is 32.6. The van der Waals surface area contributed by atoms with Gasteiger partial charge in [-0.05, 0) is 32.3 Å². The number of hydrogen-bond acceptors (Lipinski definition) is 10. The van der Waals surface area contributed by atoms with E-state index in [-0.39, 0.29) is 29.1 Å². The monoisotopic (exact) mass is 804 g/mol. The second-order valence-corrected chi connectivity index (χ2v) is 16.6. The van der Waals surface area contributed by atoms with Gasteiger partial charge in [-0.3, -0.25) is 4.79 Å². The van der Waals surface area contributed by atoms with Crippen molar-refractivity contribution in [3.63, 3.8) is 0 Å². The van der Waals surface area contributed by atoms with Crippen molar-refractivity contribution >= 4 is 5.78 Å². The van der Waals surface area contributed by atoms with Gasteiger partial charge < -0.3 is 43.4 Å². The molecule has 60 heavy (non-hydrogen) atoms. The first-order chi connectivity index (χ1) is 29.1. The van der Waals surface area contributed by atoms with Crippen LogP contribution in [0.15, 0.2) is 126 Å². The molecule has 1 saturated heterocycles. The molecule has 6 aliphatic rings. The molecule has 4 bridgehead atoms. The Morgan fingerprint density at radius 1 is 0.767 bits per heavy atom. The number of phenolic OH excluding ortho intramolecular Hbond substituents is 1. The number of benzene rings is 5. The standard InChI is InChI=1S/C50H44O10/c1-26-32(51)23-36-39(44(26)55-4)41-43-42-40-37(25-35(54-3)31-21-22-34(57-45(31)40)28-15-9-6-10-16-28)59-50(43,30-19-13-8-14-20-30)60-38-24-33(52)27(2)47(56-5)48(38,42)46(41)49(53,58-36)29-17-11-7-12-18-29/h6-20,23-25,34,41-43,46,51,53H,21-22H2,1-5H3/t34-,41-,42-,43-,46-,48+,49+,50-/m1/s1. The Morgan fingerprint density at radius 2 is 1.43 bits per heavy atom. The Labute approximate surface area is 347 Å². The molecule has 0 radical (unpaired) electrons. The van der Waals surface area contributed by atoms with Crippen LogP contribution in [-0.4, -0.2) is 37.3 Å². The lowest BCUT2D eigenvalue weighted by Gasteiger charge is -2.57. The molecule has 0 aromatic heterocycles. The number of allylic oxidation sites excluding steroid dienone is 2. The molecule has 11 rings (SSSR count). The molecular formula is C50H44O10. The van der Waals surface area contributed by atoms with Gasteiger partial charge in [0, 0.05) is 69.0 Å². The molecule has 8 atom stereocenters. The van der Waals surface area contributed by atoms with Crippen LogP contribution in [0.4, 0.5) is 0 Å². The zero-order chi connectivity index (χ0) is 41.3. The number of carbonyl (C=O) groups is 1. The average molecular weight is 805 g/mol. The van der Waals surface area contributed by atoms with E-state index in [0.717, 1.165) is 16.7 Å². The molecule has 4 aliphatic heterocycles. The first kappa shape index (κ1) is 36.7. The maximum atomic E-state index is 14.3. The Morgan fingerprint density at radius 3 is 2.10 bits per heavy atom. The van der Waals surface area contributed by atoms with Gasteiger partial charge in [0.2, 0.25) is 5.79 Å². The SMILES string of the molecule is COC1=C(C)C(=O)C=C2O[C@@]3(c4ccccc4)Oc4cc(OC)c5c(c4[C@@H]4[C@H]3[C@H]3c6c(cc(O)c(C)c6OC)O[C@@](O)(c6ccccc6)[C@H]3[C@@]214)O[C@@H](c1ccccc1)CC5. The van der Waals surface area contributed by atoms with E-state index < -0.39 is 40.7 Å². The van der Waals surface area contributed by atoms with Crippen molar-refractivity contribution in [1.82, 2.24) is 0 Å². The van der Waals surface area contributed by atoms with Gasteiger partial charge in [-0.1, -0.05) is 91.0 Å². The number of ether oxygens (including phenoxy) is 7. The number of carbonyl (C=O) groups excluding carboxylic acids is 1. The minimum absolute atomic E-state index is 0.0481. The van der Waals surface area contributed by atoms with Gasteiger partial charge in [0.05, 0.1) is 33.2 Å². The summed E-state index contributed by atoms with van der Waals surface area (Å²) in [6.45, 7) is 3.56. The van der Waals surface area contributed by atoms with Gasteiger partial charge in [-0.25, -0.2) is 0 Å². The molecule has 1 saturated carbocycles. The van der Waals surface area contributed by atoms with E-state index in [9.17, 15) is 15.0 Å². The number of hydrogen-bond donors (Lipinski definition) is 2. The summed E-state index contributed by atoms with van der Waals surface area (Å²) in [5.74, 6) is -3.97. The number of phenols is 1. The van der Waals surface area contributed by atoms with Crippen LogP contribution in [0.2, 0.25) is 0 Å². The minimum atomic E-state index is -2.11. The van der Waals surface area contributed by atoms with E-state index >= 15 is 0 Å². The van der Waals surface area contributed by atoms with E-state index in [1.807, 2.05) is 84.9 Å². The number of fused-ring (bicyclic) bond motifs is 6. The van der Waals surface area contributed by atoms with E-state index in [0.29, 0.717) is 69.4 Å². The quantitative estimate of drug-likeness (QED) is 0.172. The first-order valence-electron chi connectivity index (χ1n) is 20.4. The third-order valence-corrected chi connectivity index (χ3v) is 14.1. The minimum Gasteiger partial charge on any atom is -0.507 e. The molecule has 304 valence electrons. The summed E-state index contributed by atoms with van der Waals surface area (Å²) in [6.07, 6.45) is 2.62. The maximum Gasteiger partial charge on any atom is 0.281 e. The summed E-state index contributed by atoms with van der Waals surface area (Å²) in [5.41, 5.74) is 3.97. The predicted molar refractivity (Wildman–Crippen MR) is 219 cm³/mol. The van der Waals surface area contributed by atoms with Crippen molar-refractivity contribution in [2.45, 2.75) is 56.2 Å². The van der Waals surface area contributed by atoms with Crippen LogP contribution in [0, 0.1) is 24.2 Å². The molecule has 2 N–H and O–H groups in total. The van der Waals surface area contributed by atoms with Crippen LogP contribution < -0.4 is 23.7 Å². The summed E-state index contributed by atoms with van der Waals surface area (Å²) < 4.78 is 48.1. The fourth-order valence-electron chi connectivity index (χ4n) is 11.8. The molecule has 0 unspecified atom stereocenters. The second kappa shape index (κ2) is 12.8. The predicted octanol–water partition coefficient (Wildman–Crippen LogP) is 8.78. The molecule has 4 heterocycles. The molecule has 5 aromatic carbocycles. The number of rotatable bonds is 6. The third kappa shape index (κ3) is 4.49. The van der Waals surface area contributed by atoms with Crippen molar-refractivity contribution in [1.29, 1.82) is 0 Å². The Bertz CT molecular complexity index is 2670. The third-order valence-electron chi connectivity index (χ3n) is 14.1. The zero-order valence-electron chi connectivity index (χ0n) is 33.9. The largest absolute Gasteiger partial charge is 0.507 e. The van der Waals surface area contributed by atoms with Crippen molar-refractivity contribution in [3.05, 3.63) is 165 Å². The van der Waals surface area contributed by atoms with Crippen LogP contribution in [0.25, 0.3) is 0 Å². The average Bonchev–Trinajstić information content (AvgIpc) is 3.54. The van der Waals surface area contributed by atoms with E-state index in [4.69, 9.17) is 33.2 Å². The van der Waals surface area contributed by atoms with Gasteiger partial charge in [0.15, 0.2) is 5.78 Å². The van der Waals surface area contributed by atoms with Gasteiger partial charge in [0.25, 0.3) is 5.79 Å². The van der Waals surface area contributed by atoms with Crippen LogP contribution in [0.1, 0.15) is 70.2 Å². The molecule has 2 aliphatic carbocycles. The van der Waals surface area contributed by atoms with Gasteiger partial charge >= 0.3 is 0 Å². The lowest BCUT2D eigenvalue weighted by atomic mass is 9.57. The van der Waals surface area contributed by atoms with Crippen LogP contribution in [0.5, 0.6) is 34.5 Å². The van der Waals surface area contributed by atoms with Crippen molar-refractivity contribution in [2.75, 3.05) is 21.3 Å². The summed E-state index contributed by atoms with van der Waals surface area (Å²) in [5, 5.41) is 25.3. The number of ketones is 1. The Kier molecular flexibility index (Phi) is 7.83. The lowest BCUT2D eigenvalue weighted by Crippen LogP contribution is -2.58. The van der Waals surface area contributed by atoms with E-state index in [1.165, 1.54) is 0 Å². The highest BCUT2D eigenvalue weighted by Gasteiger charge is 2.84. The number of aliphatic hydroxyl groups is 1. The topological polar surface area (TPSA) is 122 Å². The maximum absolute atomic E-state index is 14.3. The van der Waals surface area contributed by atoms with Crippen LogP contribution >= 0.6 is 0 Å². The van der Waals surface area contributed by atoms with Crippen LogP contribution in [0.3, 0.4) is 0 Å². The first-order valence-corrected chi connectivity index (χ1v) is 20.4. The summed E-state index contributed by atoms with van der Waals surface area (Å²) in [4.78, 5) is 14.3. The Balaban J connectivity index is 1.32. The molecule has 1 spiro atoms. The van der Waals surface area contributed by atoms with Crippen molar-refractivity contribution < 1.29 is 48.2 Å². The molecular weight excluding hydrogens is 761 g/mol. The molecule has 10 nitrogen and oxygen atoms in total. The van der Waals surface area contributed by atoms with Gasteiger partial charge in [0.1, 0.15) is 57.5 Å². The molecule has 10 heteroatoms. The Hall–Kier alpha value is -6.39. The lowest BCUT2D eigenvalue weighted by molar-refractivity contribution is -0.254. The van der Waals surface area contributed by atoms with E-state index in [2.05, 4.69) is 12.1 Å². The van der Waals surface area contributed by atoms with E-state index in [1.54, 1.807) is 47.3 Å². The van der Waals surface area contributed by atoms with Gasteiger partial charge in [-0.15, -0.1) is 0 Å². The highest BCUT2D eigenvalue weighted by molar-refractivity contribution is 6.06. The number of methoxy groups -OCH3 is 3. The molecule has 2 fully saturated rings. The highest BCUT2D eigenvalue weighted by Crippen LogP contribution is 2.84. The van der Waals surface area contributed by atoms with Gasteiger partial charge in [-0.2, -0.15) is 0 Å². The smallest absolute Gasteiger partial charge is 0.281 e. The fourth-order valence-corrected chi connectivity index (χ4v) is 11.8. The van der Waals surface area contributed by atoms with Crippen molar-refractivity contribution in [3.8, 4) is 34.5 Å². The molecule has 0 amide bonds. The zero-order valence-corrected chi connectivity index (χ0v) is 33.9. The normalized spacial score (nSPS) is 30.1.